The minimum absolute atomic E-state index is 0.344. The van der Waals surface area contributed by atoms with Gasteiger partial charge in [0, 0.05) is 12.4 Å². The number of benzene rings is 4. The van der Waals surface area contributed by atoms with Crippen molar-refractivity contribution in [1.82, 2.24) is 19.9 Å². The van der Waals surface area contributed by atoms with E-state index in [-0.39, 0.29) is 10.0 Å². The second-order valence-electron chi connectivity index (χ2n) is 10.3. The van der Waals surface area contributed by atoms with Gasteiger partial charge in [0.2, 0.25) is 0 Å². The van der Waals surface area contributed by atoms with Crippen molar-refractivity contribution < 1.29 is 35.1 Å². The molecule has 0 N–H and O–H groups in total. The highest BCUT2D eigenvalue weighted by Gasteiger charge is 2.30. The van der Waals surface area contributed by atoms with Gasteiger partial charge in [-0.2, -0.15) is 10.5 Å². The van der Waals surface area contributed by atoms with E-state index in [0.717, 1.165) is 55.0 Å². The number of halogens is 8. The highest BCUT2D eigenvalue weighted by atomic mass is 32.1. The van der Waals surface area contributed by atoms with Crippen LogP contribution in [0.15, 0.2) is 36.7 Å². The van der Waals surface area contributed by atoms with Crippen LogP contribution >= 0.6 is 45.3 Å². The number of hydrogen-bond acceptors (Lipinski definition) is 10. The molecule has 50 heavy (non-hydrogen) atoms. The van der Waals surface area contributed by atoms with E-state index in [1.807, 2.05) is 12.1 Å². The number of rotatable bonds is 4. The first-order valence-corrected chi connectivity index (χ1v) is 16.9. The lowest BCUT2D eigenvalue weighted by Crippen LogP contribution is -2.03. The maximum absolute atomic E-state index is 14.6. The molecule has 0 bridgehead atoms. The first-order chi connectivity index (χ1) is 24.0. The van der Waals surface area contributed by atoms with Crippen molar-refractivity contribution >= 4 is 76.6 Å². The molecular weight excluding hydrogens is 749 g/mol. The SMILES string of the molecule is N#Cc1c(F)c(F)c(-c2ncc(-c3nc4cc5cc6sc(-c7cnc(-c8c(F)c(F)c(C#N)c(F)c8F)s7)nc6cc5cc4s3)s2)c(F)c1F. The molecule has 8 aromatic rings. The number of hydrogen-bond donors (Lipinski definition) is 0. The third-order valence-corrected chi connectivity index (χ3v) is 11.9. The quantitative estimate of drug-likeness (QED) is 0.131. The average Bonchev–Trinajstić information content (AvgIpc) is 3.91. The third kappa shape index (κ3) is 4.75. The lowest BCUT2D eigenvalue weighted by Gasteiger charge is -2.05. The van der Waals surface area contributed by atoms with Crippen LogP contribution in [0.4, 0.5) is 35.1 Å². The van der Waals surface area contributed by atoms with Crippen LogP contribution in [0.3, 0.4) is 0 Å². The monoisotopic (exact) mass is 754 g/mol. The molecule has 0 fully saturated rings. The van der Waals surface area contributed by atoms with Crippen molar-refractivity contribution in [2.24, 2.45) is 0 Å². The number of nitriles is 2. The van der Waals surface area contributed by atoms with E-state index in [1.165, 1.54) is 35.1 Å². The van der Waals surface area contributed by atoms with Crippen molar-refractivity contribution in [3.05, 3.63) is 94.3 Å². The molecule has 0 spiro atoms. The molecule has 0 radical (unpaired) electrons. The van der Waals surface area contributed by atoms with Gasteiger partial charge in [0.05, 0.1) is 41.3 Å². The molecule has 4 heterocycles. The minimum atomic E-state index is -1.81. The topological polar surface area (TPSA) is 99.1 Å². The smallest absolute Gasteiger partial charge is 0.180 e. The molecule has 4 aromatic heterocycles. The van der Waals surface area contributed by atoms with Gasteiger partial charge in [-0.3, -0.25) is 0 Å². The Hall–Kier alpha value is -5.40. The van der Waals surface area contributed by atoms with Crippen molar-refractivity contribution in [3.8, 4) is 53.1 Å². The minimum Gasteiger partial charge on any atom is -0.244 e. The summed E-state index contributed by atoms with van der Waals surface area (Å²) in [5.41, 5.74) is -3.65. The van der Waals surface area contributed by atoms with Crippen molar-refractivity contribution in [1.29, 1.82) is 10.5 Å². The fourth-order valence-corrected chi connectivity index (χ4v) is 9.09. The van der Waals surface area contributed by atoms with Gasteiger partial charge in [-0.25, -0.2) is 55.1 Å². The summed E-state index contributed by atoms with van der Waals surface area (Å²) in [6, 6.07) is 9.52. The maximum atomic E-state index is 14.6. The fraction of sp³-hybridized carbons (Fsp3) is 0. The lowest BCUT2D eigenvalue weighted by molar-refractivity contribution is 0.454. The standard InChI is InChI=1S/C32H6F8N6S4/c33-21-11(5-41)22(34)26(38)19(25(21)37)31-43-7-17(49-31)29-45-13-1-9-3-16-14(2-10(9)4-15(13)47-29)46-30(48-16)18-8-44-32(50-18)20-27(39)23(35)12(6-42)24(36)28(20)40/h1-4,7-8H. The van der Waals surface area contributed by atoms with Crippen LogP contribution in [-0.2, 0) is 0 Å². The van der Waals surface area contributed by atoms with Crippen molar-refractivity contribution in [2.75, 3.05) is 0 Å². The van der Waals surface area contributed by atoms with Gasteiger partial charge >= 0.3 is 0 Å². The van der Waals surface area contributed by atoms with E-state index in [2.05, 4.69) is 19.9 Å². The van der Waals surface area contributed by atoms with Crippen LogP contribution < -0.4 is 0 Å². The molecule has 0 unspecified atom stereocenters. The zero-order valence-corrected chi connectivity index (χ0v) is 27.1. The zero-order chi connectivity index (χ0) is 35.2. The molecule has 0 saturated heterocycles. The van der Waals surface area contributed by atoms with E-state index >= 15 is 0 Å². The second-order valence-corrected chi connectivity index (χ2v) is 14.4. The van der Waals surface area contributed by atoms with E-state index in [0.29, 0.717) is 30.8 Å². The molecule has 4 aromatic carbocycles. The van der Waals surface area contributed by atoms with E-state index < -0.39 is 68.8 Å². The van der Waals surface area contributed by atoms with E-state index in [9.17, 15) is 35.1 Å². The molecule has 244 valence electrons. The number of fused-ring (bicyclic) bond motifs is 3. The van der Waals surface area contributed by atoms with Crippen molar-refractivity contribution in [3.63, 3.8) is 0 Å². The third-order valence-electron chi connectivity index (χ3n) is 7.46. The van der Waals surface area contributed by atoms with Gasteiger partial charge in [0.25, 0.3) is 0 Å². The largest absolute Gasteiger partial charge is 0.244 e. The van der Waals surface area contributed by atoms with Gasteiger partial charge in [-0.15, -0.1) is 45.3 Å². The first kappa shape index (κ1) is 31.8. The molecule has 6 nitrogen and oxygen atoms in total. The van der Waals surface area contributed by atoms with Crippen LogP contribution in [0.2, 0.25) is 0 Å². The zero-order valence-electron chi connectivity index (χ0n) is 23.8. The Morgan fingerprint density at radius 2 is 0.820 bits per heavy atom. The molecule has 8 rings (SSSR count). The molecule has 18 heteroatoms. The predicted octanol–water partition coefficient (Wildman–Crippen LogP) is 10.5. The van der Waals surface area contributed by atoms with E-state index in [4.69, 9.17) is 10.5 Å². The van der Waals surface area contributed by atoms with Crippen molar-refractivity contribution in [2.45, 2.75) is 0 Å². The van der Waals surface area contributed by atoms with Gasteiger partial charge < -0.3 is 0 Å². The molecule has 0 saturated carbocycles. The Balaban J connectivity index is 1.13. The summed E-state index contributed by atoms with van der Waals surface area (Å²) in [6.07, 6.45) is 2.54. The molecule has 0 atom stereocenters. The Labute approximate surface area is 288 Å². The summed E-state index contributed by atoms with van der Waals surface area (Å²) >= 11 is 3.99. The molecule has 0 amide bonds. The van der Waals surface area contributed by atoms with Crippen LogP contribution in [0.1, 0.15) is 11.1 Å². The first-order valence-electron chi connectivity index (χ1n) is 13.6. The predicted molar refractivity (Wildman–Crippen MR) is 172 cm³/mol. The number of nitrogens with zero attached hydrogens (tertiary/aromatic N) is 6. The fourth-order valence-electron chi connectivity index (χ4n) is 5.12. The summed E-state index contributed by atoms with van der Waals surface area (Å²) in [5.74, 6) is -14.2. The summed E-state index contributed by atoms with van der Waals surface area (Å²) in [5, 5.41) is 19.4. The maximum Gasteiger partial charge on any atom is 0.180 e. The second kappa shape index (κ2) is 11.6. The van der Waals surface area contributed by atoms with E-state index in [1.54, 1.807) is 12.1 Å². The summed E-state index contributed by atoms with van der Waals surface area (Å²) in [6.45, 7) is 0. The Bertz CT molecular complexity index is 2540. The number of thiazole rings is 4. The van der Waals surface area contributed by atoms with Gasteiger partial charge in [-0.05, 0) is 35.0 Å². The van der Waals surface area contributed by atoms with Crippen LogP contribution in [0, 0.1) is 69.2 Å². The molecule has 0 aliphatic carbocycles. The summed E-state index contributed by atoms with van der Waals surface area (Å²) < 4.78 is 117. The Morgan fingerprint density at radius 3 is 1.16 bits per heavy atom. The highest BCUT2D eigenvalue weighted by molar-refractivity contribution is 7.27. The normalized spacial score (nSPS) is 11.6. The summed E-state index contributed by atoms with van der Waals surface area (Å²) in [7, 11) is 0. The molecule has 0 aliphatic rings. The van der Waals surface area contributed by atoms with Crippen LogP contribution in [-0.4, -0.2) is 19.9 Å². The Morgan fingerprint density at radius 1 is 0.460 bits per heavy atom. The molecule has 0 aliphatic heterocycles. The van der Waals surface area contributed by atoms with Crippen LogP contribution in [0.5, 0.6) is 0 Å². The number of aromatic nitrogens is 4. The van der Waals surface area contributed by atoms with Gasteiger partial charge in [0.1, 0.15) is 43.3 Å². The summed E-state index contributed by atoms with van der Waals surface area (Å²) in [4.78, 5) is 17.9. The van der Waals surface area contributed by atoms with Gasteiger partial charge in [-0.1, -0.05) is 0 Å². The average molecular weight is 755 g/mol. The lowest BCUT2D eigenvalue weighted by atomic mass is 10.1. The Kier molecular flexibility index (Phi) is 7.39. The van der Waals surface area contributed by atoms with Crippen LogP contribution in [0.25, 0.3) is 72.1 Å². The highest BCUT2D eigenvalue weighted by Crippen LogP contribution is 2.43. The van der Waals surface area contributed by atoms with Gasteiger partial charge in [0.15, 0.2) is 46.5 Å². The molecular formula is C32H6F8N6S4.